The van der Waals surface area contributed by atoms with Gasteiger partial charge in [0.1, 0.15) is 0 Å². The van der Waals surface area contributed by atoms with Crippen molar-refractivity contribution in [2.75, 3.05) is 6.61 Å². The van der Waals surface area contributed by atoms with Crippen molar-refractivity contribution >= 4 is 7.12 Å². The van der Waals surface area contributed by atoms with Crippen molar-refractivity contribution in [1.82, 2.24) is 0 Å². The second-order valence-electron chi connectivity index (χ2n) is 2.75. The van der Waals surface area contributed by atoms with E-state index in [0.29, 0.717) is 6.61 Å². The van der Waals surface area contributed by atoms with Crippen molar-refractivity contribution in [3.8, 4) is 0 Å². The van der Waals surface area contributed by atoms with Crippen molar-refractivity contribution in [1.29, 1.82) is 0 Å². The Morgan fingerprint density at radius 1 is 1.50 bits per heavy atom. The molecule has 0 spiro atoms. The van der Waals surface area contributed by atoms with E-state index in [2.05, 4.69) is 12.2 Å². The van der Waals surface area contributed by atoms with Crippen molar-refractivity contribution < 1.29 is 9.31 Å². The highest BCUT2D eigenvalue weighted by Crippen LogP contribution is 2.08. The molecule has 0 aromatic carbocycles. The van der Waals surface area contributed by atoms with E-state index in [1.54, 1.807) is 0 Å². The van der Waals surface area contributed by atoms with E-state index in [-0.39, 0.29) is 13.2 Å². The first-order chi connectivity index (χ1) is 5.83. The summed E-state index contributed by atoms with van der Waals surface area (Å²) in [4.78, 5) is 0. The zero-order valence-corrected chi connectivity index (χ0v) is 7.69. The van der Waals surface area contributed by atoms with Gasteiger partial charge in [-0.05, 0) is 20.2 Å². The third-order valence-corrected chi connectivity index (χ3v) is 1.71. The van der Waals surface area contributed by atoms with E-state index in [4.69, 9.17) is 9.31 Å². The Hall–Kier alpha value is -0.535. The summed E-state index contributed by atoms with van der Waals surface area (Å²) in [7, 11) is -0.101. The monoisotopic (exact) mass is 166 g/mol. The first kappa shape index (κ1) is 9.55. The molecule has 66 valence electrons. The van der Waals surface area contributed by atoms with E-state index in [1.807, 2.05) is 25.9 Å². The molecule has 0 aromatic heterocycles. The number of hydrogen-bond acceptors (Lipinski definition) is 2. The van der Waals surface area contributed by atoms with Crippen LogP contribution in [-0.4, -0.2) is 19.8 Å². The largest absolute Gasteiger partial charge is 0.453 e. The summed E-state index contributed by atoms with van der Waals surface area (Å²) in [6.07, 6.45) is 9.33. The predicted molar refractivity (Wildman–Crippen MR) is 51.0 cm³/mol. The maximum atomic E-state index is 5.57. The zero-order chi connectivity index (χ0) is 8.81. The molecule has 1 aliphatic rings. The van der Waals surface area contributed by atoms with Gasteiger partial charge in [-0.15, -0.1) is 0 Å². The van der Waals surface area contributed by atoms with E-state index < -0.39 is 0 Å². The van der Waals surface area contributed by atoms with Crippen LogP contribution in [0.3, 0.4) is 0 Å². The minimum absolute atomic E-state index is 0.101. The van der Waals surface area contributed by atoms with Crippen LogP contribution in [-0.2, 0) is 9.31 Å². The smallest absolute Gasteiger partial charge is 0.412 e. The van der Waals surface area contributed by atoms with E-state index in [9.17, 15) is 0 Å². The van der Waals surface area contributed by atoms with Gasteiger partial charge in [0, 0.05) is 6.61 Å². The van der Waals surface area contributed by atoms with E-state index in [0.717, 1.165) is 6.42 Å². The maximum Gasteiger partial charge on any atom is 0.453 e. The average molecular weight is 166 g/mol. The second kappa shape index (κ2) is 5.17. The molecule has 0 aromatic rings. The summed E-state index contributed by atoms with van der Waals surface area (Å²) in [5, 5.41) is 0. The van der Waals surface area contributed by atoms with Gasteiger partial charge in [-0.25, -0.2) is 0 Å². The summed E-state index contributed by atoms with van der Waals surface area (Å²) in [5.74, 6) is 0. The molecule has 1 unspecified atom stereocenters. The normalized spacial score (nSPS) is 21.3. The molecule has 0 aliphatic heterocycles. The van der Waals surface area contributed by atoms with E-state index >= 15 is 0 Å². The molecule has 0 bridgehead atoms. The predicted octanol–water partition coefficient (Wildman–Crippen LogP) is 2.04. The van der Waals surface area contributed by atoms with Gasteiger partial charge in [-0.1, -0.05) is 24.3 Å². The Labute approximate surface area is 74.4 Å². The fraction of sp³-hybridized carbons (Fsp3) is 0.556. The Kier molecular flexibility index (Phi) is 4.12. The first-order valence-corrected chi connectivity index (χ1v) is 4.43. The van der Waals surface area contributed by atoms with Gasteiger partial charge in [-0.3, -0.25) is 0 Å². The minimum Gasteiger partial charge on any atom is -0.412 e. The number of rotatable bonds is 4. The van der Waals surface area contributed by atoms with Crippen LogP contribution in [0.1, 0.15) is 13.3 Å². The highest BCUT2D eigenvalue weighted by Gasteiger charge is 2.14. The van der Waals surface area contributed by atoms with Crippen molar-refractivity contribution in [3.63, 3.8) is 0 Å². The van der Waals surface area contributed by atoms with Gasteiger partial charge in [0.2, 0.25) is 0 Å². The summed E-state index contributed by atoms with van der Waals surface area (Å²) in [6, 6.07) is 0. The van der Waals surface area contributed by atoms with E-state index in [1.165, 1.54) is 0 Å². The second-order valence-corrected chi connectivity index (χ2v) is 2.75. The third-order valence-electron chi connectivity index (χ3n) is 1.71. The van der Waals surface area contributed by atoms with Crippen LogP contribution in [0, 0.1) is 0 Å². The molecule has 2 nitrogen and oxygen atoms in total. The van der Waals surface area contributed by atoms with Gasteiger partial charge in [0.05, 0.1) is 6.10 Å². The fourth-order valence-electron chi connectivity index (χ4n) is 1.18. The fourth-order valence-corrected chi connectivity index (χ4v) is 1.18. The van der Waals surface area contributed by atoms with Crippen molar-refractivity contribution in [3.05, 3.63) is 24.3 Å². The molecular weight excluding hydrogens is 151 g/mol. The minimum atomic E-state index is -0.101. The Balaban J connectivity index is 2.22. The molecule has 0 amide bonds. The molecular formula is C9H15BO2. The van der Waals surface area contributed by atoms with Crippen LogP contribution < -0.4 is 0 Å². The Morgan fingerprint density at radius 2 is 2.33 bits per heavy atom. The van der Waals surface area contributed by atoms with Gasteiger partial charge in [-0.2, -0.15) is 0 Å². The lowest BCUT2D eigenvalue weighted by atomic mass is 9.94. The quantitative estimate of drug-likeness (QED) is 0.595. The topological polar surface area (TPSA) is 18.5 Å². The number of allylic oxidation sites excluding steroid dienone is 2. The van der Waals surface area contributed by atoms with Crippen LogP contribution in [0.4, 0.5) is 0 Å². The summed E-state index contributed by atoms with van der Waals surface area (Å²) in [6.45, 7) is 4.60. The Morgan fingerprint density at radius 3 is 2.92 bits per heavy atom. The molecule has 0 heterocycles. The molecule has 3 heteroatoms. The average Bonchev–Trinajstić information content (AvgIpc) is 2.06. The van der Waals surface area contributed by atoms with Crippen LogP contribution >= 0.6 is 0 Å². The zero-order valence-electron chi connectivity index (χ0n) is 7.69. The molecule has 12 heavy (non-hydrogen) atoms. The lowest BCUT2D eigenvalue weighted by Crippen LogP contribution is -2.25. The lowest BCUT2D eigenvalue weighted by molar-refractivity contribution is 0.174. The SMILES string of the molecule is CCOB(C)OC1C=CC=CC1. The van der Waals surface area contributed by atoms with Crippen LogP contribution in [0.5, 0.6) is 0 Å². The standard InChI is InChI=1S/C9H15BO2/c1-3-11-10(2)12-9-7-5-4-6-8-9/h4-7,9H,3,8H2,1-2H3. The lowest BCUT2D eigenvalue weighted by Gasteiger charge is -2.17. The Bertz CT molecular complexity index is 177. The molecule has 0 fully saturated rings. The molecule has 1 atom stereocenters. The molecule has 0 radical (unpaired) electrons. The summed E-state index contributed by atoms with van der Waals surface area (Å²) >= 11 is 0. The van der Waals surface area contributed by atoms with Gasteiger partial charge < -0.3 is 9.31 Å². The van der Waals surface area contributed by atoms with Gasteiger partial charge in [0.15, 0.2) is 0 Å². The van der Waals surface area contributed by atoms with Crippen LogP contribution in [0.25, 0.3) is 0 Å². The summed E-state index contributed by atoms with van der Waals surface area (Å²) in [5.41, 5.74) is 0. The van der Waals surface area contributed by atoms with Crippen molar-refractivity contribution in [2.24, 2.45) is 0 Å². The summed E-state index contributed by atoms with van der Waals surface area (Å²) < 4.78 is 10.8. The molecule has 0 saturated carbocycles. The van der Waals surface area contributed by atoms with Crippen molar-refractivity contribution in [2.45, 2.75) is 26.3 Å². The number of hydrogen-bond donors (Lipinski definition) is 0. The highest BCUT2D eigenvalue weighted by molar-refractivity contribution is 6.42. The molecule has 0 N–H and O–H groups in total. The van der Waals surface area contributed by atoms with Crippen LogP contribution in [0.2, 0.25) is 6.82 Å². The van der Waals surface area contributed by atoms with Crippen LogP contribution in [0.15, 0.2) is 24.3 Å². The maximum absolute atomic E-state index is 5.57. The highest BCUT2D eigenvalue weighted by atomic mass is 16.6. The first-order valence-electron chi connectivity index (χ1n) is 4.43. The van der Waals surface area contributed by atoms with Gasteiger partial charge in [0.25, 0.3) is 0 Å². The molecule has 1 aliphatic carbocycles. The molecule has 0 saturated heterocycles. The third kappa shape index (κ3) is 3.24. The van der Waals surface area contributed by atoms with Gasteiger partial charge >= 0.3 is 7.12 Å². The molecule has 1 rings (SSSR count).